The fourth-order valence-corrected chi connectivity index (χ4v) is 4.79. The summed E-state index contributed by atoms with van der Waals surface area (Å²) in [4.78, 5) is 34.0. The minimum atomic E-state index is -0.347. The number of amides is 2. The molecular weight excluding hydrogens is 448 g/mol. The minimum Gasteiger partial charge on any atom is -0.481 e. The Kier molecular flexibility index (Phi) is 6.01. The number of nitrogens with zero attached hydrogens (tertiary/aromatic N) is 4. The van der Waals surface area contributed by atoms with Crippen molar-refractivity contribution in [1.29, 1.82) is 0 Å². The molecule has 2 aliphatic rings. The van der Waals surface area contributed by atoms with Gasteiger partial charge in [0.05, 0.1) is 23.8 Å². The first-order chi connectivity index (χ1) is 16.9. The average molecular weight is 479 g/mol. The summed E-state index contributed by atoms with van der Waals surface area (Å²) in [7, 11) is 1.55. The summed E-state index contributed by atoms with van der Waals surface area (Å²) in [5.41, 5.74) is 13.9. The number of pyridine rings is 1. The van der Waals surface area contributed by atoms with Gasteiger partial charge in [-0.1, -0.05) is 0 Å². The predicted molar refractivity (Wildman–Crippen MR) is 130 cm³/mol. The fourth-order valence-electron chi connectivity index (χ4n) is 4.79. The third-order valence-corrected chi connectivity index (χ3v) is 7.19. The average Bonchev–Trinajstić information content (AvgIpc) is 3.58. The SMILES string of the molecule is COc1cc(-c2cc(C(=O)NC3CCC(NC(=O)C4(CN)CC4)CC3)c3c(N)ncnn23)ccn1. The molecule has 0 atom stereocenters. The molecule has 0 saturated heterocycles. The molecule has 184 valence electrons. The third kappa shape index (κ3) is 4.39. The van der Waals surface area contributed by atoms with Crippen molar-refractivity contribution >= 4 is 23.1 Å². The largest absolute Gasteiger partial charge is 0.481 e. The molecule has 3 heterocycles. The van der Waals surface area contributed by atoms with Crippen LogP contribution >= 0.6 is 0 Å². The lowest BCUT2D eigenvalue weighted by Gasteiger charge is -2.30. The number of nitrogens with one attached hydrogen (secondary N) is 2. The van der Waals surface area contributed by atoms with E-state index in [1.54, 1.807) is 30.0 Å². The highest BCUT2D eigenvalue weighted by atomic mass is 16.5. The van der Waals surface area contributed by atoms with E-state index in [0.29, 0.717) is 29.2 Å². The molecule has 5 rings (SSSR count). The number of nitrogen functional groups attached to an aromatic ring is 1. The van der Waals surface area contributed by atoms with E-state index in [1.807, 2.05) is 6.07 Å². The molecule has 0 aliphatic heterocycles. The van der Waals surface area contributed by atoms with Crippen molar-refractivity contribution in [3.05, 3.63) is 36.3 Å². The molecule has 6 N–H and O–H groups in total. The van der Waals surface area contributed by atoms with Crippen LogP contribution in [0.25, 0.3) is 16.8 Å². The Morgan fingerprint density at radius 1 is 1.14 bits per heavy atom. The summed E-state index contributed by atoms with van der Waals surface area (Å²) in [6.07, 6.45) is 7.89. The van der Waals surface area contributed by atoms with E-state index in [4.69, 9.17) is 16.2 Å². The molecule has 2 fully saturated rings. The number of fused-ring (bicyclic) bond motifs is 1. The Hall–Kier alpha value is -3.73. The Morgan fingerprint density at radius 2 is 1.86 bits per heavy atom. The predicted octanol–water partition coefficient (Wildman–Crippen LogP) is 1.28. The van der Waals surface area contributed by atoms with Gasteiger partial charge in [-0.15, -0.1) is 0 Å². The number of hydrogen-bond donors (Lipinski definition) is 4. The number of carbonyl (C=O) groups is 2. The van der Waals surface area contributed by atoms with Crippen molar-refractivity contribution in [2.75, 3.05) is 19.4 Å². The highest BCUT2D eigenvalue weighted by molar-refractivity contribution is 6.05. The lowest BCUT2D eigenvalue weighted by atomic mass is 9.90. The quantitative estimate of drug-likeness (QED) is 0.395. The van der Waals surface area contributed by atoms with E-state index in [9.17, 15) is 9.59 Å². The van der Waals surface area contributed by atoms with E-state index >= 15 is 0 Å². The lowest BCUT2D eigenvalue weighted by molar-refractivity contribution is -0.127. The lowest BCUT2D eigenvalue weighted by Crippen LogP contribution is -2.46. The number of carbonyl (C=O) groups excluding carboxylic acids is 2. The summed E-state index contributed by atoms with van der Waals surface area (Å²) in [5.74, 6) is 0.512. The fraction of sp³-hybridized carbons (Fsp3) is 0.458. The molecule has 0 spiro atoms. The molecular formula is C24H30N8O3. The summed E-state index contributed by atoms with van der Waals surface area (Å²) in [6.45, 7) is 0.400. The van der Waals surface area contributed by atoms with Gasteiger partial charge >= 0.3 is 0 Å². The van der Waals surface area contributed by atoms with Gasteiger partial charge in [-0.05, 0) is 50.7 Å². The number of nitrogens with two attached hydrogens (primary N) is 2. The summed E-state index contributed by atoms with van der Waals surface area (Å²) >= 11 is 0. The molecule has 3 aromatic rings. The molecule has 11 heteroatoms. The molecule has 2 aliphatic carbocycles. The maximum Gasteiger partial charge on any atom is 0.253 e. The molecule has 0 radical (unpaired) electrons. The molecule has 3 aromatic heterocycles. The second kappa shape index (κ2) is 9.14. The first-order valence-electron chi connectivity index (χ1n) is 11.9. The zero-order valence-electron chi connectivity index (χ0n) is 19.7. The highest BCUT2D eigenvalue weighted by Crippen LogP contribution is 2.45. The van der Waals surface area contributed by atoms with Crippen molar-refractivity contribution in [3.63, 3.8) is 0 Å². The Bertz CT molecular complexity index is 1260. The van der Waals surface area contributed by atoms with Crippen LogP contribution in [0.1, 0.15) is 48.9 Å². The van der Waals surface area contributed by atoms with E-state index in [2.05, 4.69) is 25.7 Å². The van der Waals surface area contributed by atoms with Gasteiger partial charge in [0.2, 0.25) is 11.8 Å². The first kappa shape index (κ1) is 23.0. The molecule has 2 saturated carbocycles. The van der Waals surface area contributed by atoms with Crippen molar-refractivity contribution in [2.45, 2.75) is 50.6 Å². The number of ether oxygens (including phenoxy) is 1. The first-order valence-corrected chi connectivity index (χ1v) is 11.9. The molecule has 0 aromatic carbocycles. The van der Waals surface area contributed by atoms with E-state index in [-0.39, 0.29) is 35.1 Å². The maximum absolute atomic E-state index is 13.3. The molecule has 0 bridgehead atoms. The van der Waals surface area contributed by atoms with Crippen molar-refractivity contribution in [3.8, 4) is 17.1 Å². The molecule has 11 nitrogen and oxygen atoms in total. The van der Waals surface area contributed by atoms with E-state index < -0.39 is 0 Å². The monoisotopic (exact) mass is 478 g/mol. The van der Waals surface area contributed by atoms with Crippen LogP contribution in [0.3, 0.4) is 0 Å². The van der Waals surface area contributed by atoms with Gasteiger partial charge in [0, 0.05) is 36.5 Å². The number of aromatic nitrogens is 4. The van der Waals surface area contributed by atoms with Gasteiger partial charge in [0.15, 0.2) is 5.82 Å². The maximum atomic E-state index is 13.3. The number of methoxy groups -OCH3 is 1. The van der Waals surface area contributed by atoms with E-state index in [0.717, 1.165) is 44.1 Å². The van der Waals surface area contributed by atoms with Crippen LogP contribution in [-0.2, 0) is 4.79 Å². The molecule has 35 heavy (non-hydrogen) atoms. The van der Waals surface area contributed by atoms with Crippen LogP contribution in [0.2, 0.25) is 0 Å². The smallest absolute Gasteiger partial charge is 0.253 e. The van der Waals surface area contributed by atoms with Crippen LogP contribution in [-0.4, -0.2) is 57.1 Å². The second-order valence-electron chi connectivity index (χ2n) is 9.42. The topological polar surface area (TPSA) is 163 Å². The molecule has 2 amide bonds. The second-order valence-corrected chi connectivity index (χ2v) is 9.42. The van der Waals surface area contributed by atoms with Gasteiger partial charge in [-0.25, -0.2) is 14.5 Å². The van der Waals surface area contributed by atoms with Gasteiger partial charge in [0.1, 0.15) is 11.8 Å². The van der Waals surface area contributed by atoms with Gasteiger partial charge in [-0.3, -0.25) is 9.59 Å². The van der Waals surface area contributed by atoms with Gasteiger partial charge in [0.25, 0.3) is 5.91 Å². The zero-order chi connectivity index (χ0) is 24.6. The standard InChI is InChI=1S/C24H30N8O3/c1-35-19-10-14(6-9-27-19)18-11-17(20-21(26)28-13-29-32(18)20)22(33)30-15-2-4-16(5-3-15)31-23(34)24(12-25)7-8-24/h6,9-11,13,15-16H,2-5,7-8,12,25H2,1H3,(H,30,33)(H,31,34)(H2,26,28,29). The third-order valence-electron chi connectivity index (χ3n) is 7.19. The Morgan fingerprint density at radius 3 is 2.51 bits per heavy atom. The van der Waals surface area contributed by atoms with Crippen LogP contribution in [0, 0.1) is 5.41 Å². The minimum absolute atomic E-state index is 0.00493. The summed E-state index contributed by atoms with van der Waals surface area (Å²) < 4.78 is 6.85. The van der Waals surface area contributed by atoms with Gasteiger partial charge in [-0.2, -0.15) is 5.10 Å². The van der Waals surface area contributed by atoms with Crippen LogP contribution in [0.15, 0.2) is 30.7 Å². The zero-order valence-corrected chi connectivity index (χ0v) is 19.7. The normalized spacial score (nSPS) is 20.9. The van der Waals surface area contributed by atoms with Crippen LogP contribution in [0.4, 0.5) is 5.82 Å². The Labute approximate surface area is 202 Å². The van der Waals surface area contributed by atoms with Crippen LogP contribution < -0.4 is 26.8 Å². The van der Waals surface area contributed by atoms with Gasteiger partial charge < -0.3 is 26.8 Å². The van der Waals surface area contributed by atoms with Crippen LogP contribution in [0.5, 0.6) is 5.88 Å². The summed E-state index contributed by atoms with van der Waals surface area (Å²) in [6, 6.07) is 5.47. The number of rotatable bonds is 7. The van der Waals surface area contributed by atoms with E-state index in [1.165, 1.54) is 6.33 Å². The molecule has 0 unspecified atom stereocenters. The van der Waals surface area contributed by atoms with Crippen molar-refractivity contribution in [1.82, 2.24) is 30.2 Å². The summed E-state index contributed by atoms with van der Waals surface area (Å²) in [5, 5.41) is 10.6. The highest BCUT2D eigenvalue weighted by Gasteiger charge is 2.49. The number of hydrogen-bond acceptors (Lipinski definition) is 8. The van der Waals surface area contributed by atoms with Crippen molar-refractivity contribution < 1.29 is 14.3 Å². The Balaban J connectivity index is 1.30. The number of anilines is 1. The van der Waals surface area contributed by atoms with Crippen molar-refractivity contribution in [2.24, 2.45) is 11.1 Å².